The Labute approximate surface area is 166 Å². The van der Waals surface area contributed by atoms with Crippen molar-refractivity contribution in [2.45, 2.75) is 24.5 Å². The molecule has 2 aromatic carbocycles. The van der Waals surface area contributed by atoms with E-state index < -0.39 is 21.8 Å². The summed E-state index contributed by atoms with van der Waals surface area (Å²) >= 11 is 0. The Balaban J connectivity index is 1.65. The molecule has 0 amide bonds. The van der Waals surface area contributed by atoms with Crippen LogP contribution in [0.25, 0.3) is 0 Å². The Morgan fingerprint density at radius 3 is 2.48 bits per heavy atom. The van der Waals surface area contributed by atoms with Gasteiger partial charge in [-0.3, -0.25) is 4.99 Å². The number of rotatable bonds is 6. The number of hydrogen-bond acceptors (Lipinski definition) is 4. The van der Waals surface area contributed by atoms with Crippen molar-refractivity contribution in [3.8, 4) is 0 Å². The Morgan fingerprint density at radius 2 is 1.79 bits per heavy atom. The summed E-state index contributed by atoms with van der Waals surface area (Å²) < 4.78 is 70.6. The summed E-state index contributed by atoms with van der Waals surface area (Å²) in [5, 5.41) is 0. The first-order chi connectivity index (χ1) is 13.6. The zero-order valence-corrected chi connectivity index (χ0v) is 16.1. The van der Waals surface area contributed by atoms with Gasteiger partial charge in [0.1, 0.15) is 11.5 Å². The summed E-state index contributed by atoms with van der Waals surface area (Å²) in [5.41, 5.74) is 0.273. The first kappa shape index (κ1) is 20.8. The van der Waals surface area contributed by atoms with Crippen molar-refractivity contribution in [2.75, 3.05) is 0 Å². The Bertz CT molecular complexity index is 1120. The minimum Gasteiger partial charge on any atom is -0.459 e. The van der Waals surface area contributed by atoms with Crippen LogP contribution in [0.15, 0.2) is 75.0 Å². The number of hydrogen-bond donors (Lipinski definition) is 1. The molecule has 1 aromatic heterocycles. The molecule has 152 valence electrons. The number of aliphatic imine (C=N–C) groups is 1. The number of aryl methyl sites for hydroxylation is 1. The van der Waals surface area contributed by atoms with E-state index in [0.29, 0.717) is 5.76 Å². The molecule has 5 nitrogen and oxygen atoms in total. The highest BCUT2D eigenvalue weighted by Crippen LogP contribution is 2.31. The summed E-state index contributed by atoms with van der Waals surface area (Å²) in [5.74, 6) is 0.623. The summed E-state index contributed by atoms with van der Waals surface area (Å²) in [4.78, 5) is 4.11. The second-order valence-corrected chi connectivity index (χ2v) is 8.01. The fourth-order valence-electron chi connectivity index (χ4n) is 2.43. The molecule has 29 heavy (non-hydrogen) atoms. The predicted molar refractivity (Wildman–Crippen MR) is 103 cm³/mol. The fourth-order valence-corrected chi connectivity index (χ4v) is 3.42. The van der Waals surface area contributed by atoms with Crippen LogP contribution in [0.3, 0.4) is 0 Å². The van der Waals surface area contributed by atoms with Gasteiger partial charge < -0.3 is 4.42 Å². The zero-order valence-electron chi connectivity index (χ0n) is 15.3. The van der Waals surface area contributed by atoms with Gasteiger partial charge in [-0.2, -0.15) is 13.2 Å². The van der Waals surface area contributed by atoms with E-state index in [1.54, 1.807) is 24.3 Å². The second-order valence-electron chi connectivity index (χ2n) is 6.25. The lowest BCUT2D eigenvalue weighted by molar-refractivity contribution is -0.137. The lowest BCUT2D eigenvalue weighted by Crippen LogP contribution is -2.22. The van der Waals surface area contributed by atoms with Crippen molar-refractivity contribution >= 4 is 21.9 Å². The van der Waals surface area contributed by atoms with Gasteiger partial charge in [-0.05, 0) is 49.4 Å². The smallest absolute Gasteiger partial charge is 0.416 e. The van der Waals surface area contributed by atoms with E-state index in [4.69, 9.17) is 4.42 Å². The fraction of sp³-hybridized carbons (Fsp3) is 0.150. The van der Waals surface area contributed by atoms with Gasteiger partial charge in [-0.25, -0.2) is 13.1 Å². The van der Waals surface area contributed by atoms with Crippen LogP contribution < -0.4 is 4.72 Å². The van der Waals surface area contributed by atoms with Crippen LogP contribution in [-0.4, -0.2) is 14.6 Å². The molecule has 0 saturated carbocycles. The zero-order chi connectivity index (χ0) is 21.1. The molecule has 0 aliphatic rings. The van der Waals surface area contributed by atoms with Crippen molar-refractivity contribution in [2.24, 2.45) is 4.99 Å². The third-order valence-corrected chi connectivity index (χ3v) is 5.38. The maximum absolute atomic E-state index is 12.7. The lowest BCUT2D eigenvalue weighted by atomic mass is 10.2. The molecule has 9 heteroatoms. The van der Waals surface area contributed by atoms with Gasteiger partial charge in [0.2, 0.25) is 10.0 Å². The molecule has 1 N–H and O–H groups in total. The van der Waals surface area contributed by atoms with Crippen LogP contribution in [0.2, 0.25) is 0 Å². The minimum absolute atomic E-state index is 0.0758. The van der Waals surface area contributed by atoms with Crippen molar-refractivity contribution in [3.63, 3.8) is 0 Å². The quantitative estimate of drug-likeness (QED) is 0.578. The highest BCUT2D eigenvalue weighted by Gasteiger charge is 2.30. The molecule has 0 fully saturated rings. The number of nitrogens with zero attached hydrogens (tertiary/aromatic N) is 1. The van der Waals surface area contributed by atoms with Crippen molar-refractivity contribution in [3.05, 3.63) is 83.3 Å². The van der Waals surface area contributed by atoms with E-state index >= 15 is 0 Å². The number of benzene rings is 2. The van der Waals surface area contributed by atoms with Gasteiger partial charge in [0, 0.05) is 0 Å². The van der Waals surface area contributed by atoms with Gasteiger partial charge in [0.15, 0.2) is 0 Å². The average molecular weight is 422 g/mol. The molecular weight excluding hydrogens is 405 g/mol. The van der Waals surface area contributed by atoms with E-state index in [0.717, 1.165) is 17.7 Å². The van der Waals surface area contributed by atoms with Gasteiger partial charge in [0.05, 0.1) is 28.9 Å². The van der Waals surface area contributed by atoms with Crippen LogP contribution in [0, 0.1) is 6.92 Å². The number of sulfonamides is 1. The molecule has 3 rings (SSSR count). The topological polar surface area (TPSA) is 71.7 Å². The summed E-state index contributed by atoms with van der Waals surface area (Å²) in [6.45, 7) is 1.78. The summed E-state index contributed by atoms with van der Waals surface area (Å²) in [6.07, 6.45) is -3.18. The molecule has 0 atom stereocenters. The predicted octanol–water partition coefficient (Wildman–Crippen LogP) is 4.84. The van der Waals surface area contributed by atoms with E-state index in [2.05, 4.69) is 9.71 Å². The Hall–Kier alpha value is -2.91. The number of alkyl halides is 3. The van der Waals surface area contributed by atoms with E-state index in [-0.39, 0.29) is 22.9 Å². The van der Waals surface area contributed by atoms with Crippen LogP contribution >= 0.6 is 0 Å². The molecule has 0 saturated heterocycles. The van der Waals surface area contributed by atoms with Crippen molar-refractivity contribution in [1.82, 2.24) is 4.72 Å². The van der Waals surface area contributed by atoms with Crippen molar-refractivity contribution < 1.29 is 26.0 Å². The molecule has 0 aliphatic heterocycles. The monoisotopic (exact) mass is 422 g/mol. The third kappa shape index (κ3) is 5.55. The van der Waals surface area contributed by atoms with Gasteiger partial charge in [-0.15, -0.1) is 0 Å². The maximum Gasteiger partial charge on any atom is 0.416 e. The van der Waals surface area contributed by atoms with Crippen LogP contribution in [0.5, 0.6) is 0 Å². The van der Waals surface area contributed by atoms with Crippen molar-refractivity contribution in [1.29, 1.82) is 0 Å². The first-order valence-electron chi connectivity index (χ1n) is 8.50. The molecule has 0 bridgehead atoms. The largest absolute Gasteiger partial charge is 0.459 e. The molecule has 1 heterocycles. The maximum atomic E-state index is 12.7. The third-order valence-electron chi connectivity index (χ3n) is 3.96. The summed E-state index contributed by atoms with van der Waals surface area (Å²) in [6, 6.07) is 14.1. The first-order valence-corrected chi connectivity index (χ1v) is 9.98. The number of furan rings is 1. The number of nitrogens with one attached hydrogen (secondary N) is 1. The van der Waals surface area contributed by atoms with Gasteiger partial charge >= 0.3 is 6.18 Å². The van der Waals surface area contributed by atoms with Gasteiger partial charge in [-0.1, -0.05) is 23.8 Å². The SMILES string of the molecule is Cc1ccc(S(=O)(=O)NCc2ccc(C=Nc3cccc(C(F)(F)F)c3)o2)cc1. The Morgan fingerprint density at radius 1 is 1.07 bits per heavy atom. The van der Waals surface area contributed by atoms with E-state index in [9.17, 15) is 21.6 Å². The molecule has 0 unspecified atom stereocenters. The lowest BCUT2D eigenvalue weighted by Gasteiger charge is -2.06. The highest BCUT2D eigenvalue weighted by atomic mass is 32.2. The minimum atomic E-state index is -4.45. The number of halogens is 3. The standard InChI is InChI=1S/C20H17F3N2O3S/c1-14-5-9-19(10-6-14)29(26,27)25-13-18-8-7-17(28-18)12-24-16-4-2-3-15(11-16)20(21,22)23/h2-12,25H,13H2,1H3. The Kier molecular flexibility index (Phi) is 5.90. The van der Waals surface area contributed by atoms with E-state index in [1.165, 1.54) is 30.5 Å². The molecule has 0 radical (unpaired) electrons. The molecule has 0 aliphatic carbocycles. The summed E-state index contributed by atoms with van der Waals surface area (Å²) in [7, 11) is -3.69. The van der Waals surface area contributed by atoms with Crippen LogP contribution in [0.4, 0.5) is 18.9 Å². The average Bonchev–Trinajstić information content (AvgIpc) is 3.13. The van der Waals surface area contributed by atoms with Crippen LogP contribution in [0.1, 0.15) is 22.6 Å². The molecular formula is C20H17F3N2O3S. The molecule has 3 aromatic rings. The normalized spacial score (nSPS) is 12.6. The highest BCUT2D eigenvalue weighted by molar-refractivity contribution is 7.89. The van der Waals surface area contributed by atoms with Crippen LogP contribution in [-0.2, 0) is 22.7 Å². The van der Waals surface area contributed by atoms with E-state index in [1.807, 2.05) is 6.92 Å². The van der Waals surface area contributed by atoms with Gasteiger partial charge in [0.25, 0.3) is 0 Å². The molecule has 0 spiro atoms. The second kappa shape index (κ2) is 8.22.